The van der Waals surface area contributed by atoms with Crippen molar-refractivity contribution in [1.82, 2.24) is 19.4 Å². The number of hydrogen-bond donors (Lipinski definition) is 1. The van der Waals surface area contributed by atoms with Crippen LogP contribution in [0.5, 0.6) is 0 Å². The van der Waals surface area contributed by atoms with E-state index in [0.717, 1.165) is 17.8 Å². The molecule has 0 bridgehead atoms. The summed E-state index contributed by atoms with van der Waals surface area (Å²) in [5.41, 5.74) is 2.07. The van der Waals surface area contributed by atoms with E-state index in [1.807, 2.05) is 10.7 Å². The van der Waals surface area contributed by atoms with E-state index in [-0.39, 0.29) is 17.6 Å². The number of sulfonamides is 1. The van der Waals surface area contributed by atoms with E-state index in [1.54, 1.807) is 25.3 Å². The second-order valence-corrected chi connectivity index (χ2v) is 8.06. The van der Waals surface area contributed by atoms with Crippen LogP contribution in [0.15, 0.2) is 36.5 Å². The standard InChI is InChI=1S/C16H21FN4O2S/c1-2-24(22,23)19-9-16-12-20(11-15-7-8-18-21(15)16)10-13-3-5-14(17)6-4-13/h3-8,16,19H,2,9-12H2,1H3/t16-/m0/s1. The molecule has 0 saturated carbocycles. The molecule has 1 N–H and O–H groups in total. The summed E-state index contributed by atoms with van der Waals surface area (Å²) in [6, 6.07) is 8.34. The van der Waals surface area contributed by atoms with Crippen LogP contribution in [0.25, 0.3) is 0 Å². The van der Waals surface area contributed by atoms with Crippen molar-refractivity contribution in [3.05, 3.63) is 53.6 Å². The second kappa shape index (κ2) is 7.00. The van der Waals surface area contributed by atoms with Gasteiger partial charge in [-0.2, -0.15) is 5.10 Å². The van der Waals surface area contributed by atoms with Gasteiger partial charge in [-0.05, 0) is 30.7 Å². The number of nitrogens with zero attached hydrogens (tertiary/aromatic N) is 3. The van der Waals surface area contributed by atoms with Gasteiger partial charge in [0.1, 0.15) is 5.82 Å². The number of nitrogens with one attached hydrogen (secondary N) is 1. The Morgan fingerprint density at radius 1 is 1.29 bits per heavy atom. The summed E-state index contributed by atoms with van der Waals surface area (Å²) < 4.78 is 41.0. The predicted octanol–water partition coefficient (Wildman–Crippen LogP) is 1.52. The quantitative estimate of drug-likeness (QED) is 0.856. The highest BCUT2D eigenvalue weighted by atomic mass is 32.2. The second-order valence-electron chi connectivity index (χ2n) is 5.97. The normalized spacial score (nSPS) is 18.5. The highest BCUT2D eigenvalue weighted by molar-refractivity contribution is 7.89. The van der Waals surface area contributed by atoms with E-state index < -0.39 is 10.0 Å². The van der Waals surface area contributed by atoms with Crippen molar-refractivity contribution in [2.45, 2.75) is 26.1 Å². The zero-order valence-electron chi connectivity index (χ0n) is 13.5. The molecule has 1 aromatic carbocycles. The van der Waals surface area contributed by atoms with Gasteiger partial charge in [0.05, 0.1) is 17.5 Å². The fourth-order valence-corrected chi connectivity index (χ4v) is 3.56. The minimum atomic E-state index is -3.24. The molecule has 0 amide bonds. The first-order chi connectivity index (χ1) is 11.5. The van der Waals surface area contributed by atoms with Crippen LogP contribution in [-0.4, -0.2) is 41.9 Å². The van der Waals surface area contributed by atoms with Crippen LogP contribution < -0.4 is 4.72 Å². The zero-order valence-corrected chi connectivity index (χ0v) is 14.3. The van der Waals surface area contributed by atoms with Crippen LogP contribution in [-0.2, 0) is 23.1 Å². The molecular formula is C16H21FN4O2S. The van der Waals surface area contributed by atoms with E-state index in [1.165, 1.54) is 12.1 Å². The van der Waals surface area contributed by atoms with Crippen molar-refractivity contribution in [1.29, 1.82) is 0 Å². The molecule has 1 aromatic heterocycles. The molecule has 3 rings (SSSR count). The predicted molar refractivity (Wildman–Crippen MR) is 89.2 cm³/mol. The van der Waals surface area contributed by atoms with Crippen molar-refractivity contribution in [3.8, 4) is 0 Å². The number of rotatable bonds is 6. The highest BCUT2D eigenvalue weighted by Crippen LogP contribution is 2.22. The summed E-state index contributed by atoms with van der Waals surface area (Å²) in [5, 5.41) is 4.32. The number of benzene rings is 1. The SMILES string of the molecule is CCS(=O)(=O)NC[C@H]1CN(Cc2ccc(F)cc2)Cc2ccnn21. The molecule has 0 unspecified atom stereocenters. The minimum absolute atomic E-state index is 0.0605. The average molecular weight is 352 g/mol. The van der Waals surface area contributed by atoms with Crippen molar-refractivity contribution in [2.24, 2.45) is 0 Å². The fraction of sp³-hybridized carbons (Fsp3) is 0.438. The molecule has 0 spiro atoms. The lowest BCUT2D eigenvalue weighted by molar-refractivity contribution is 0.168. The van der Waals surface area contributed by atoms with Gasteiger partial charge in [-0.3, -0.25) is 9.58 Å². The molecule has 0 fully saturated rings. The Kier molecular flexibility index (Phi) is 4.98. The van der Waals surface area contributed by atoms with Crippen LogP contribution in [0.1, 0.15) is 24.2 Å². The van der Waals surface area contributed by atoms with Crippen molar-refractivity contribution in [3.63, 3.8) is 0 Å². The lowest BCUT2D eigenvalue weighted by atomic mass is 10.1. The molecule has 0 aliphatic carbocycles. The smallest absolute Gasteiger partial charge is 0.211 e. The monoisotopic (exact) mass is 352 g/mol. The number of hydrogen-bond acceptors (Lipinski definition) is 4. The van der Waals surface area contributed by atoms with E-state index in [4.69, 9.17) is 0 Å². The van der Waals surface area contributed by atoms with Crippen LogP contribution in [0, 0.1) is 5.82 Å². The molecule has 24 heavy (non-hydrogen) atoms. The first kappa shape index (κ1) is 17.1. The Bertz CT molecular complexity index is 789. The van der Waals surface area contributed by atoms with E-state index in [2.05, 4.69) is 14.7 Å². The Labute approximate surface area is 141 Å². The van der Waals surface area contributed by atoms with Gasteiger partial charge in [0.25, 0.3) is 0 Å². The zero-order chi connectivity index (χ0) is 17.2. The minimum Gasteiger partial charge on any atom is -0.291 e. The Morgan fingerprint density at radius 2 is 2.04 bits per heavy atom. The molecule has 1 atom stereocenters. The molecule has 8 heteroatoms. The summed E-state index contributed by atoms with van der Waals surface area (Å²) in [7, 11) is -3.24. The van der Waals surface area contributed by atoms with Crippen molar-refractivity contribution >= 4 is 10.0 Å². The van der Waals surface area contributed by atoms with Gasteiger partial charge in [0.2, 0.25) is 10.0 Å². The molecule has 130 valence electrons. The summed E-state index contributed by atoms with van der Waals surface area (Å²) >= 11 is 0. The van der Waals surface area contributed by atoms with Gasteiger partial charge in [-0.1, -0.05) is 12.1 Å². The van der Waals surface area contributed by atoms with Crippen molar-refractivity contribution < 1.29 is 12.8 Å². The first-order valence-corrected chi connectivity index (χ1v) is 9.58. The molecule has 0 saturated heterocycles. The maximum Gasteiger partial charge on any atom is 0.211 e. The molecule has 1 aliphatic heterocycles. The highest BCUT2D eigenvalue weighted by Gasteiger charge is 2.26. The fourth-order valence-electron chi connectivity index (χ4n) is 2.91. The molecule has 1 aliphatic rings. The van der Waals surface area contributed by atoms with Crippen LogP contribution in [0.2, 0.25) is 0 Å². The molecule has 6 nitrogen and oxygen atoms in total. The van der Waals surface area contributed by atoms with E-state index in [9.17, 15) is 12.8 Å². The topological polar surface area (TPSA) is 67.2 Å². The third kappa shape index (κ3) is 4.00. The van der Waals surface area contributed by atoms with Gasteiger partial charge < -0.3 is 0 Å². The molecule has 2 aromatic rings. The largest absolute Gasteiger partial charge is 0.291 e. The average Bonchev–Trinajstić information content (AvgIpc) is 3.03. The Balaban J connectivity index is 1.72. The molecular weight excluding hydrogens is 331 g/mol. The van der Waals surface area contributed by atoms with Gasteiger partial charge in [0, 0.05) is 32.4 Å². The lowest BCUT2D eigenvalue weighted by Crippen LogP contribution is -2.42. The van der Waals surface area contributed by atoms with Gasteiger partial charge in [0.15, 0.2) is 0 Å². The molecule has 2 heterocycles. The van der Waals surface area contributed by atoms with Crippen LogP contribution in [0.4, 0.5) is 4.39 Å². The maximum absolute atomic E-state index is 13.0. The number of fused-ring (bicyclic) bond motifs is 1. The van der Waals surface area contributed by atoms with Gasteiger partial charge >= 0.3 is 0 Å². The van der Waals surface area contributed by atoms with E-state index in [0.29, 0.717) is 19.6 Å². The van der Waals surface area contributed by atoms with Crippen LogP contribution >= 0.6 is 0 Å². The summed E-state index contributed by atoms with van der Waals surface area (Å²) in [6.07, 6.45) is 1.73. The van der Waals surface area contributed by atoms with Gasteiger partial charge in [-0.15, -0.1) is 0 Å². The maximum atomic E-state index is 13.0. The first-order valence-electron chi connectivity index (χ1n) is 7.93. The van der Waals surface area contributed by atoms with Gasteiger partial charge in [-0.25, -0.2) is 17.5 Å². The summed E-state index contributed by atoms with van der Waals surface area (Å²) in [5.74, 6) is -0.187. The van der Waals surface area contributed by atoms with Crippen LogP contribution in [0.3, 0.4) is 0 Å². The lowest BCUT2D eigenvalue weighted by Gasteiger charge is -2.34. The Hall–Kier alpha value is -1.77. The molecule has 0 radical (unpaired) electrons. The third-order valence-electron chi connectivity index (χ3n) is 4.19. The summed E-state index contributed by atoms with van der Waals surface area (Å²) in [6.45, 7) is 4.02. The number of halogens is 1. The number of aromatic nitrogens is 2. The Morgan fingerprint density at radius 3 is 2.75 bits per heavy atom. The van der Waals surface area contributed by atoms with E-state index >= 15 is 0 Å². The van der Waals surface area contributed by atoms with Crippen molar-refractivity contribution in [2.75, 3.05) is 18.8 Å². The summed E-state index contributed by atoms with van der Waals surface area (Å²) in [4.78, 5) is 2.22. The third-order valence-corrected chi connectivity index (χ3v) is 5.56.